The summed E-state index contributed by atoms with van der Waals surface area (Å²) in [5.74, 6) is 1.01. The first-order valence-electron chi connectivity index (χ1n) is 12.5. The lowest BCUT2D eigenvalue weighted by molar-refractivity contribution is 0.214. The molecule has 0 amide bonds. The number of aromatic nitrogens is 4. The van der Waals surface area contributed by atoms with Crippen molar-refractivity contribution in [2.75, 3.05) is 43.1 Å². The average molecular weight is 605 g/mol. The zero-order valence-corrected chi connectivity index (χ0v) is 23.9. The highest BCUT2D eigenvalue weighted by Gasteiger charge is 2.21. The number of sulfone groups is 1. The van der Waals surface area contributed by atoms with Crippen LogP contribution in [0.4, 0.5) is 11.6 Å². The minimum Gasteiger partial charge on any atom is -0.476 e. The van der Waals surface area contributed by atoms with E-state index in [1.807, 2.05) is 0 Å². The van der Waals surface area contributed by atoms with Crippen LogP contribution in [0.1, 0.15) is 5.56 Å². The average Bonchev–Trinajstić information content (AvgIpc) is 2.93. The van der Waals surface area contributed by atoms with Gasteiger partial charge in [-0.25, -0.2) is 18.4 Å². The molecule has 0 saturated carbocycles. The third-order valence-corrected chi connectivity index (χ3v) is 8.90. The predicted octanol–water partition coefficient (Wildman–Crippen LogP) is 3.01. The largest absolute Gasteiger partial charge is 0.476 e. The van der Waals surface area contributed by atoms with E-state index in [4.69, 9.17) is 33.7 Å². The molecule has 5 rings (SSSR count). The van der Waals surface area contributed by atoms with Crippen molar-refractivity contribution >= 4 is 55.7 Å². The molecule has 3 N–H and O–H groups in total. The van der Waals surface area contributed by atoms with Gasteiger partial charge >= 0.3 is 0 Å². The molecule has 1 aromatic carbocycles. The minimum absolute atomic E-state index is 0.168. The van der Waals surface area contributed by atoms with Gasteiger partial charge in [0.15, 0.2) is 9.84 Å². The van der Waals surface area contributed by atoms with E-state index in [2.05, 4.69) is 25.2 Å². The van der Waals surface area contributed by atoms with Gasteiger partial charge in [-0.15, -0.1) is 0 Å². The Kier molecular flexibility index (Phi) is 8.24. The first-order chi connectivity index (χ1) is 19.1. The molecular weight excluding hydrogens is 577 g/mol. The Morgan fingerprint density at radius 1 is 1.10 bits per heavy atom. The lowest BCUT2D eigenvalue weighted by Crippen LogP contribution is -2.42. The van der Waals surface area contributed by atoms with Gasteiger partial charge < -0.3 is 15.8 Å². The number of fused-ring (bicyclic) bond motifs is 1. The maximum absolute atomic E-state index is 13.2. The van der Waals surface area contributed by atoms with Crippen LogP contribution in [0.2, 0.25) is 10.0 Å². The Morgan fingerprint density at radius 3 is 2.52 bits per heavy atom. The van der Waals surface area contributed by atoms with E-state index < -0.39 is 9.84 Å². The molecule has 3 aromatic heterocycles. The summed E-state index contributed by atoms with van der Waals surface area (Å²) in [4.78, 5) is 28.6. The monoisotopic (exact) mass is 603 g/mol. The number of halogens is 2. The fourth-order valence-electron chi connectivity index (χ4n) is 4.46. The Balaban J connectivity index is 1.32. The normalized spacial score (nSPS) is 15.3. The van der Waals surface area contributed by atoms with E-state index >= 15 is 0 Å². The Bertz CT molecular complexity index is 1710. The number of benzene rings is 1. The van der Waals surface area contributed by atoms with E-state index in [1.165, 1.54) is 4.57 Å². The third kappa shape index (κ3) is 6.06. The summed E-state index contributed by atoms with van der Waals surface area (Å²) in [6.07, 6.45) is 3.19. The van der Waals surface area contributed by atoms with Gasteiger partial charge in [-0.05, 0) is 24.3 Å². The molecular formula is C26H27Cl2N7O4S. The molecule has 4 heterocycles. The van der Waals surface area contributed by atoms with Gasteiger partial charge in [0.1, 0.15) is 12.3 Å². The van der Waals surface area contributed by atoms with Crippen LogP contribution in [0.25, 0.3) is 22.2 Å². The number of anilines is 2. The third-order valence-electron chi connectivity index (χ3n) is 6.67. The number of nitrogens with one attached hydrogen (secondary N) is 1. The van der Waals surface area contributed by atoms with Crippen LogP contribution in [0.3, 0.4) is 0 Å². The minimum atomic E-state index is -2.92. The van der Waals surface area contributed by atoms with Gasteiger partial charge in [0.05, 0.1) is 39.0 Å². The summed E-state index contributed by atoms with van der Waals surface area (Å²) in [7, 11) is -1.30. The molecule has 0 atom stereocenters. The highest BCUT2D eigenvalue weighted by atomic mass is 35.5. The van der Waals surface area contributed by atoms with Crippen LogP contribution in [0.15, 0.2) is 47.5 Å². The lowest BCUT2D eigenvalue weighted by Gasteiger charge is -2.26. The predicted molar refractivity (Wildman–Crippen MR) is 156 cm³/mol. The molecule has 14 heteroatoms. The first-order valence-corrected chi connectivity index (χ1v) is 15.1. The van der Waals surface area contributed by atoms with Gasteiger partial charge in [0.2, 0.25) is 11.8 Å². The van der Waals surface area contributed by atoms with Crippen LogP contribution >= 0.6 is 23.2 Å². The van der Waals surface area contributed by atoms with E-state index in [1.54, 1.807) is 49.8 Å². The van der Waals surface area contributed by atoms with E-state index in [0.29, 0.717) is 75.6 Å². The van der Waals surface area contributed by atoms with E-state index in [9.17, 15) is 13.2 Å². The van der Waals surface area contributed by atoms with Gasteiger partial charge in [-0.2, -0.15) is 4.98 Å². The summed E-state index contributed by atoms with van der Waals surface area (Å²) < 4.78 is 30.5. The molecule has 210 valence electrons. The lowest BCUT2D eigenvalue weighted by atomic mass is 10.1. The van der Waals surface area contributed by atoms with Crippen molar-refractivity contribution in [1.82, 2.24) is 24.4 Å². The van der Waals surface area contributed by atoms with Gasteiger partial charge in [0.25, 0.3) is 5.56 Å². The Labute approximate surface area is 240 Å². The molecule has 0 spiro atoms. The van der Waals surface area contributed by atoms with Crippen molar-refractivity contribution in [3.63, 3.8) is 0 Å². The van der Waals surface area contributed by atoms with Gasteiger partial charge in [-0.3, -0.25) is 14.3 Å². The number of hydrogen-bond acceptors (Lipinski definition) is 10. The van der Waals surface area contributed by atoms with Crippen molar-refractivity contribution in [2.45, 2.75) is 6.54 Å². The van der Waals surface area contributed by atoms with Crippen molar-refractivity contribution < 1.29 is 13.2 Å². The van der Waals surface area contributed by atoms with E-state index in [-0.39, 0.29) is 29.6 Å². The quantitative estimate of drug-likeness (QED) is 0.308. The fraction of sp³-hybridized carbons (Fsp3) is 0.308. The molecule has 0 bridgehead atoms. The molecule has 0 aliphatic carbocycles. The number of rotatable bonds is 8. The smallest absolute Gasteiger partial charge is 0.259 e. The molecule has 0 unspecified atom stereocenters. The Hall–Kier alpha value is -3.29. The first kappa shape index (κ1) is 28.2. The number of pyridine rings is 2. The maximum Gasteiger partial charge on any atom is 0.259 e. The van der Waals surface area contributed by atoms with Crippen molar-refractivity contribution in [2.24, 2.45) is 12.8 Å². The zero-order valence-electron chi connectivity index (χ0n) is 21.6. The molecule has 0 radical (unpaired) electrons. The highest BCUT2D eigenvalue weighted by Crippen LogP contribution is 2.33. The topological polar surface area (TPSA) is 145 Å². The van der Waals surface area contributed by atoms with Crippen LogP contribution in [-0.4, -0.2) is 70.6 Å². The van der Waals surface area contributed by atoms with Crippen molar-refractivity contribution in [3.8, 4) is 17.0 Å². The molecule has 11 nitrogen and oxygen atoms in total. The molecule has 1 fully saturated rings. The second-order valence-corrected chi connectivity index (χ2v) is 12.5. The van der Waals surface area contributed by atoms with Crippen LogP contribution in [-0.2, 0) is 23.4 Å². The summed E-state index contributed by atoms with van der Waals surface area (Å²) in [5.41, 5.74) is 8.15. The second-order valence-electron chi connectivity index (χ2n) is 9.35. The number of hydrogen-bond donors (Lipinski definition) is 2. The van der Waals surface area contributed by atoms with Crippen LogP contribution < -0.4 is 21.3 Å². The number of aryl methyl sites for hydroxylation is 1. The van der Waals surface area contributed by atoms with Crippen LogP contribution in [0.5, 0.6) is 5.88 Å². The van der Waals surface area contributed by atoms with Gasteiger partial charge in [0, 0.05) is 55.9 Å². The second kappa shape index (κ2) is 11.7. The molecule has 1 aliphatic heterocycles. The maximum atomic E-state index is 13.2. The number of nitrogens with zero attached hydrogens (tertiary/aromatic N) is 5. The Morgan fingerprint density at radius 2 is 1.82 bits per heavy atom. The molecule has 1 saturated heterocycles. The standard InChI is InChI=1S/C26H27Cl2N7O4S/c1-34-23-17(12-19(25(34)36)22-20(27)3-2-4-21(22)28)14-31-26(33-23)32-18-11-16(13-29)24(30-15-18)39-8-5-35-6-9-40(37,38)10-7-35/h2-4,11-12,14-15H,5-10,13,29H2,1H3,(H,31,32,33). The van der Waals surface area contributed by atoms with Gasteiger partial charge in [-0.1, -0.05) is 29.3 Å². The summed E-state index contributed by atoms with van der Waals surface area (Å²) in [6.45, 7) is 2.14. The highest BCUT2D eigenvalue weighted by molar-refractivity contribution is 7.91. The van der Waals surface area contributed by atoms with E-state index in [0.717, 1.165) is 0 Å². The van der Waals surface area contributed by atoms with Crippen molar-refractivity contribution in [1.29, 1.82) is 0 Å². The molecule has 4 aromatic rings. The summed E-state index contributed by atoms with van der Waals surface area (Å²) in [5, 5.41) is 4.49. The fourth-order valence-corrected chi connectivity index (χ4v) is 6.34. The zero-order chi connectivity index (χ0) is 28.4. The summed E-state index contributed by atoms with van der Waals surface area (Å²) in [6, 6.07) is 8.55. The summed E-state index contributed by atoms with van der Waals surface area (Å²) >= 11 is 12.7. The number of ether oxygens (including phenoxy) is 1. The SMILES string of the molecule is Cn1c(=O)c(-c2c(Cl)cccc2Cl)cc2cnc(Nc3cnc(OCCN4CCS(=O)(=O)CC4)c(CN)c3)nc21. The number of nitrogens with two attached hydrogens (primary N) is 1. The molecule has 40 heavy (non-hydrogen) atoms. The van der Waals surface area contributed by atoms with Crippen molar-refractivity contribution in [3.05, 3.63) is 68.7 Å². The van der Waals surface area contributed by atoms with Crippen LogP contribution in [0, 0.1) is 0 Å². The molecule has 1 aliphatic rings.